The lowest BCUT2D eigenvalue weighted by Gasteiger charge is -2.23. The summed E-state index contributed by atoms with van der Waals surface area (Å²) in [5, 5.41) is 2.93. The van der Waals surface area contributed by atoms with Gasteiger partial charge in [0.15, 0.2) is 0 Å². The summed E-state index contributed by atoms with van der Waals surface area (Å²) in [4.78, 5) is 23.3. The Hall–Kier alpha value is -1.84. The number of hydrogen-bond donors (Lipinski definition) is 1. The third-order valence-electron chi connectivity index (χ3n) is 3.88. The quantitative estimate of drug-likeness (QED) is 0.645. The normalized spacial score (nSPS) is 16.9. The average Bonchev–Trinajstić information content (AvgIpc) is 2.51. The van der Waals surface area contributed by atoms with Gasteiger partial charge in [-0.1, -0.05) is 24.3 Å². The molecule has 0 aromatic heterocycles. The largest absolute Gasteiger partial charge is 0.466 e. The first-order valence-corrected chi connectivity index (χ1v) is 7.70. The lowest BCUT2D eigenvalue weighted by atomic mass is 9.83. The predicted molar refractivity (Wildman–Crippen MR) is 80.8 cm³/mol. The van der Waals surface area contributed by atoms with Crippen LogP contribution in [0.1, 0.15) is 37.3 Å². The summed E-state index contributed by atoms with van der Waals surface area (Å²) in [6.45, 7) is 2.74. The molecule has 0 saturated carbocycles. The van der Waals surface area contributed by atoms with Gasteiger partial charge in [0, 0.05) is 18.9 Å². The van der Waals surface area contributed by atoms with Gasteiger partial charge in [-0.3, -0.25) is 9.59 Å². The van der Waals surface area contributed by atoms with E-state index in [1.807, 2.05) is 6.07 Å². The SMILES string of the molecule is CCOC(=O)CCCNC(=O)C1CCc2ccccc2C1. The van der Waals surface area contributed by atoms with E-state index in [0.29, 0.717) is 26.0 Å². The van der Waals surface area contributed by atoms with Crippen molar-refractivity contribution in [2.75, 3.05) is 13.2 Å². The highest BCUT2D eigenvalue weighted by molar-refractivity contribution is 5.79. The van der Waals surface area contributed by atoms with Crippen molar-refractivity contribution in [3.63, 3.8) is 0 Å². The second-order valence-electron chi connectivity index (χ2n) is 5.41. The van der Waals surface area contributed by atoms with Crippen molar-refractivity contribution in [1.29, 1.82) is 0 Å². The number of benzene rings is 1. The van der Waals surface area contributed by atoms with Gasteiger partial charge in [0.1, 0.15) is 0 Å². The van der Waals surface area contributed by atoms with Gasteiger partial charge in [0.25, 0.3) is 0 Å². The molecule has 114 valence electrons. The maximum absolute atomic E-state index is 12.2. The van der Waals surface area contributed by atoms with Crippen LogP contribution in [-0.4, -0.2) is 25.0 Å². The van der Waals surface area contributed by atoms with Crippen LogP contribution in [0.4, 0.5) is 0 Å². The minimum absolute atomic E-state index is 0.0579. The number of amides is 1. The standard InChI is InChI=1S/C17H23NO3/c1-2-21-16(19)8-5-11-18-17(20)15-10-9-13-6-3-4-7-14(13)12-15/h3-4,6-7,15H,2,5,8-12H2,1H3,(H,18,20). The number of carbonyl (C=O) groups excluding carboxylic acids is 2. The Bertz CT molecular complexity index is 499. The molecule has 1 aromatic rings. The molecule has 0 aliphatic heterocycles. The van der Waals surface area contributed by atoms with E-state index in [1.54, 1.807) is 6.92 Å². The van der Waals surface area contributed by atoms with Crippen LogP contribution < -0.4 is 5.32 Å². The molecule has 1 N–H and O–H groups in total. The van der Waals surface area contributed by atoms with Crippen LogP contribution in [0.3, 0.4) is 0 Å². The first-order chi connectivity index (χ1) is 10.2. The fraction of sp³-hybridized carbons (Fsp3) is 0.529. The molecule has 4 heteroatoms. The first-order valence-electron chi connectivity index (χ1n) is 7.70. The van der Waals surface area contributed by atoms with Crippen LogP contribution in [0.2, 0.25) is 0 Å². The molecule has 4 nitrogen and oxygen atoms in total. The zero-order valence-electron chi connectivity index (χ0n) is 12.6. The fourth-order valence-corrected chi connectivity index (χ4v) is 2.74. The summed E-state index contributed by atoms with van der Waals surface area (Å²) in [5.41, 5.74) is 2.65. The maximum Gasteiger partial charge on any atom is 0.305 e. The van der Waals surface area contributed by atoms with Crippen molar-refractivity contribution in [3.8, 4) is 0 Å². The summed E-state index contributed by atoms with van der Waals surface area (Å²) in [5.74, 6) is -0.0332. The molecular weight excluding hydrogens is 266 g/mol. The molecule has 2 rings (SSSR count). The first kappa shape index (κ1) is 15.5. The van der Waals surface area contributed by atoms with Gasteiger partial charge in [0.05, 0.1) is 6.61 Å². The lowest BCUT2D eigenvalue weighted by molar-refractivity contribution is -0.143. The van der Waals surface area contributed by atoms with Gasteiger partial charge >= 0.3 is 5.97 Å². The van der Waals surface area contributed by atoms with Crippen molar-refractivity contribution < 1.29 is 14.3 Å². The van der Waals surface area contributed by atoms with Crippen LogP contribution in [0.5, 0.6) is 0 Å². The Morgan fingerprint density at radius 3 is 2.81 bits per heavy atom. The van der Waals surface area contributed by atoms with Crippen LogP contribution in [0, 0.1) is 5.92 Å². The Balaban J connectivity index is 1.71. The molecule has 1 aromatic carbocycles. The van der Waals surface area contributed by atoms with E-state index < -0.39 is 0 Å². The minimum Gasteiger partial charge on any atom is -0.466 e. The summed E-state index contributed by atoms with van der Waals surface area (Å²) < 4.78 is 4.85. The van der Waals surface area contributed by atoms with Crippen molar-refractivity contribution in [3.05, 3.63) is 35.4 Å². The van der Waals surface area contributed by atoms with E-state index in [-0.39, 0.29) is 17.8 Å². The molecule has 0 heterocycles. The number of carbonyl (C=O) groups is 2. The second-order valence-corrected chi connectivity index (χ2v) is 5.41. The maximum atomic E-state index is 12.2. The number of fused-ring (bicyclic) bond motifs is 1. The van der Waals surface area contributed by atoms with E-state index in [4.69, 9.17) is 4.74 Å². The van der Waals surface area contributed by atoms with E-state index in [1.165, 1.54) is 11.1 Å². The van der Waals surface area contributed by atoms with E-state index >= 15 is 0 Å². The highest BCUT2D eigenvalue weighted by Gasteiger charge is 2.23. The average molecular weight is 289 g/mol. The highest BCUT2D eigenvalue weighted by Crippen LogP contribution is 2.25. The molecule has 1 unspecified atom stereocenters. The number of nitrogens with one attached hydrogen (secondary N) is 1. The van der Waals surface area contributed by atoms with Crippen molar-refractivity contribution in [1.82, 2.24) is 5.32 Å². The summed E-state index contributed by atoms with van der Waals surface area (Å²) in [6.07, 6.45) is 3.69. The smallest absolute Gasteiger partial charge is 0.305 e. The van der Waals surface area contributed by atoms with Gasteiger partial charge in [-0.15, -0.1) is 0 Å². The molecule has 1 atom stereocenters. The van der Waals surface area contributed by atoms with Crippen LogP contribution in [-0.2, 0) is 27.2 Å². The Kier molecular flexibility index (Phi) is 5.78. The van der Waals surface area contributed by atoms with Gasteiger partial charge in [-0.25, -0.2) is 0 Å². The van der Waals surface area contributed by atoms with Crippen LogP contribution in [0.15, 0.2) is 24.3 Å². The summed E-state index contributed by atoms with van der Waals surface area (Å²) >= 11 is 0. The third kappa shape index (κ3) is 4.59. The van der Waals surface area contributed by atoms with Gasteiger partial charge in [-0.2, -0.15) is 0 Å². The van der Waals surface area contributed by atoms with Gasteiger partial charge in [0.2, 0.25) is 5.91 Å². The van der Waals surface area contributed by atoms with E-state index in [0.717, 1.165) is 19.3 Å². The molecule has 1 aliphatic carbocycles. The number of esters is 1. The van der Waals surface area contributed by atoms with Gasteiger partial charge in [-0.05, 0) is 43.7 Å². The second kappa shape index (κ2) is 7.81. The number of hydrogen-bond acceptors (Lipinski definition) is 3. The zero-order chi connectivity index (χ0) is 15.1. The van der Waals surface area contributed by atoms with Crippen LogP contribution >= 0.6 is 0 Å². The molecule has 0 fully saturated rings. The predicted octanol–water partition coefficient (Wildman–Crippen LogP) is 2.25. The van der Waals surface area contributed by atoms with Crippen LogP contribution in [0.25, 0.3) is 0 Å². The third-order valence-corrected chi connectivity index (χ3v) is 3.88. The fourth-order valence-electron chi connectivity index (χ4n) is 2.74. The molecular formula is C17H23NO3. The van der Waals surface area contributed by atoms with Crippen molar-refractivity contribution >= 4 is 11.9 Å². The van der Waals surface area contributed by atoms with E-state index in [9.17, 15) is 9.59 Å². The molecule has 0 saturated heterocycles. The van der Waals surface area contributed by atoms with Gasteiger partial charge < -0.3 is 10.1 Å². The number of aryl methyl sites for hydroxylation is 1. The molecule has 0 radical (unpaired) electrons. The molecule has 21 heavy (non-hydrogen) atoms. The van der Waals surface area contributed by atoms with E-state index in [2.05, 4.69) is 23.5 Å². The Morgan fingerprint density at radius 2 is 2.05 bits per heavy atom. The zero-order valence-corrected chi connectivity index (χ0v) is 12.6. The minimum atomic E-state index is -0.196. The number of rotatable bonds is 6. The topological polar surface area (TPSA) is 55.4 Å². The lowest BCUT2D eigenvalue weighted by Crippen LogP contribution is -2.34. The highest BCUT2D eigenvalue weighted by atomic mass is 16.5. The monoisotopic (exact) mass is 289 g/mol. The molecule has 1 aliphatic rings. The number of ether oxygens (including phenoxy) is 1. The summed E-state index contributed by atoms with van der Waals surface area (Å²) in [7, 11) is 0. The molecule has 0 spiro atoms. The molecule has 1 amide bonds. The summed E-state index contributed by atoms with van der Waals surface area (Å²) in [6, 6.07) is 8.32. The Morgan fingerprint density at radius 1 is 1.29 bits per heavy atom. The Labute approximate surface area is 125 Å². The molecule has 0 bridgehead atoms. The van der Waals surface area contributed by atoms with Crippen molar-refractivity contribution in [2.45, 2.75) is 39.0 Å². The van der Waals surface area contributed by atoms with Crippen molar-refractivity contribution in [2.24, 2.45) is 5.92 Å².